The van der Waals surface area contributed by atoms with Crippen LogP contribution in [-0.4, -0.2) is 25.2 Å². The number of hydrogen-bond acceptors (Lipinski definition) is 3. The molecule has 0 aromatic carbocycles. The van der Waals surface area contributed by atoms with E-state index in [1.54, 1.807) is 0 Å². The van der Waals surface area contributed by atoms with Gasteiger partial charge in [-0.3, -0.25) is 4.79 Å². The van der Waals surface area contributed by atoms with Crippen LogP contribution in [0.2, 0.25) is 0 Å². The van der Waals surface area contributed by atoms with Gasteiger partial charge >= 0.3 is 5.97 Å². The topological polar surface area (TPSA) is 38.3 Å². The van der Waals surface area contributed by atoms with E-state index in [2.05, 4.69) is 5.32 Å². The average molecular weight is 185 g/mol. The molecule has 3 heteroatoms. The molecule has 1 fully saturated rings. The number of carbonyl (C=O) groups is 1. The standard InChI is InChI=1S/C10H19NO2/c1-2-11-8-7-10(12)13-9-5-3-4-6-9/h9,11H,2-8H2,1H3. The van der Waals surface area contributed by atoms with Crippen molar-refractivity contribution in [3.63, 3.8) is 0 Å². The molecule has 0 amide bonds. The molecule has 3 nitrogen and oxygen atoms in total. The van der Waals surface area contributed by atoms with Crippen molar-refractivity contribution in [2.75, 3.05) is 13.1 Å². The van der Waals surface area contributed by atoms with E-state index in [9.17, 15) is 4.79 Å². The molecule has 1 aliphatic carbocycles. The highest BCUT2D eigenvalue weighted by atomic mass is 16.5. The van der Waals surface area contributed by atoms with Crippen LogP contribution >= 0.6 is 0 Å². The first-order valence-electron chi connectivity index (χ1n) is 5.23. The maximum absolute atomic E-state index is 11.2. The Bertz CT molecular complexity index is 153. The molecule has 76 valence electrons. The summed E-state index contributed by atoms with van der Waals surface area (Å²) in [5.74, 6) is -0.0483. The highest BCUT2D eigenvalue weighted by molar-refractivity contribution is 5.69. The molecule has 0 aromatic rings. The predicted octanol–water partition coefficient (Wildman–Crippen LogP) is 1.47. The Labute approximate surface area is 79.8 Å². The third-order valence-corrected chi connectivity index (χ3v) is 2.36. The molecule has 0 bridgehead atoms. The number of hydrogen-bond donors (Lipinski definition) is 1. The summed E-state index contributed by atoms with van der Waals surface area (Å²) in [6.45, 7) is 3.68. The summed E-state index contributed by atoms with van der Waals surface area (Å²) < 4.78 is 5.28. The van der Waals surface area contributed by atoms with Crippen molar-refractivity contribution >= 4 is 5.97 Å². The van der Waals surface area contributed by atoms with Crippen molar-refractivity contribution in [2.24, 2.45) is 0 Å². The van der Waals surface area contributed by atoms with Crippen molar-refractivity contribution in [1.82, 2.24) is 5.32 Å². The number of carbonyl (C=O) groups excluding carboxylic acids is 1. The third-order valence-electron chi connectivity index (χ3n) is 2.36. The van der Waals surface area contributed by atoms with Gasteiger partial charge in [0.05, 0.1) is 6.42 Å². The number of esters is 1. The molecule has 1 rings (SSSR count). The van der Waals surface area contributed by atoms with E-state index in [4.69, 9.17) is 4.74 Å². The Morgan fingerprint density at radius 1 is 1.46 bits per heavy atom. The quantitative estimate of drug-likeness (QED) is 0.520. The zero-order valence-corrected chi connectivity index (χ0v) is 8.34. The van der Waals surface area contributed by atoms with Crippen molar-refractivity contribution in [3.05, 3.63) is 0 Å². The van der Waals surface area contributed by atoms with Gasteiger partial charge in [0.25, 0.3) is 0 Å². The van der Waals surface area contributed by atoms with Crippen LogP contribution in [0.1, 0.15) is 39.0 Å². The lowest BCUT2D eigenvalue weighted by Crippen LogP contribution is -2.21. The normalized spacial score (nSPS) is 17.6. The monoisotopic (exact) mass is 185 g/mol. The van der Waals surface area contributed by atoms with Crippen LogP contribution in [0.5, 0.6) is 0 Å². The highest BCUT2D eigenvalue weighted by Crippen LogP contribution is 2.21. The van der Waals surface area contributed by atoms with E-state index in [1.165, 1.54) is 12.8 Å². The van der Waals surface area contributed by atoms with E-state index in [0.29, 0.717) is 6.42 Å². The lowest BCUT2D eigenvalue weighted by Gasteiger charge is -2.10. The van der Waals surface area contributed by atoms with E-state index in [-0.39, 0.29) is 12.1 Å². The van der Waals surface area contributed by atoms with Gasteiger partial charge in [-0.25, -0.2) is 0 Å². The van der Waals surface area contributed by atoms with E-state index in [1.807, 2.05) is 6.92 Å². The summed E-state index contributed by atoms with van der Waals surface area (Å²) >= 11 is 0. The fourth-order valence-corrected chi connectivity index (χ4v) is 1.62. The fourth-order valence-electron chi connectivity index (χ4n) is 1.62. The molecule has 0 unspecified atom stereocenters. The van der Waals surface area contributed by atoms with Gasteiger partial charge in [0.1, 0.15) is 6.10 Å². The third kappa shape index (κ3) is 4.27. The van der Waals surface area contributed by atoms with Gasteiger partial charge in [0.2, 0.25) is 0 Å². The van der Waals surface area contributed by atoms with Gasteiger partial charge < -0.3 is 10.1 Å². The summed E-state index contributed by atoms with van der Waals surface area (Å²) in [4.78, 5) is 11.2. The van der Waals surface area contributed by atoms with Gasteiger partial charge in [-0.1, -0.05) is 6.92 Å². The Morgan fingerprint density at radius 2 is 2.15 bits per heavy atom. The maximum atomic E-state index is 11.2. The van der Waals surface area contributed by atoms with Crippen molar-refractivity contribution in [3.8, 4) is 0 Å². The summed E-state index contributed by atoms with van der Waals surface area (Å²) in [5.41, 5.74) is 0. The molecular formula is C10H19NO2. The minimum absolute atomic E-state index is 0.0483. The summed E-state index contributed by atoms with van der Waals surface area (Å²) in [6, 6.07) is 0. The van der Waals surface area contributed by atoms with E-state index >= 15 is 0 Å². The largest absolute Gasteiger partial charge is 0.462 e. The molecule has 0 radical (unpaired) electrons. The second-order valence-corrected chi connectivity index (χ2v) is 3.50. The second-order valence-electron chi connectivity index (χ2n) is 3.50. The van der Waals surface area contributed by atoms with Crippen LogP contribution in [0.3, 0.4) is 0 Å². The lowest BCUT2D eigenvalue weighted by molar-refractivity contribution is -0.148. The van der Waals surface area contributed by atoms with E-state index < -0.39 is 0 Å². The molecule has 0 heterocycles. The minimum atomic E-state index is -0.0483. The number of nitrogens with one attached hydrogen (secondary N) is 1. The zero-order valence-electron chi connectivity index (χ0n) is 8.34. The number of rotatable bonds is 5. The van der Waals surface area contributed by atoms with Crippen LogP contribution in [0.15, 0.2) is 0 Å². The second kappa shape index (κ2) is 5.97. The minimum Gasteiger partial charge on any atom is -0.462 e. The Kier molecular flexibility index (Phi) is 4.83. The molecular weight excluding hydrogens is 166 g/mol. The lowest BCUT2D eigenvalue weighted by atomic mass is 10.3. The number of ether oxygens (including phenoxy) is 1. The first-order valence-corrected chi connectivity index (χ1v) is 5.23. The average Bonchev–Trinajstić information content (AvgIpc) is 2.57. The Balaban J connectivity index is 2.02. The van der Waals surface area contributed by atoms with Crippen molar-refractivity contribution < 1.29 is 9.53 Å². The first kappa shape index (κ1) is 10.5. The van der Waals surface area contributed by atoms with Gasteiger partial charge in [-0.2, -0.15) is 0 Å². The van der Waals surface area contributed by atoms with Crippen LogP contribution in [0, 0.1) is 0 Å². The Hall–Kier alpha value is -0.570. The van der Waals surface area contributed by atoms with E-state index in [0.717, 1.165) is 25.9 Å². The molecule has 0 saturated heterocycles. The van der Waals surface area contributed by atoms with Gasteiger partial charge in [-0.05, 0) is 32.2 Å². The summed E-state index contributed by atoms with van der Waals surface area (Å²) in [6.07, 6.45) is 5.27. The Morgan fingerprint density at radius 3 is 2.77 bits per heavy atom. The zero-order chi connectivity index (χ0) is 9.52. The van der Waals surface area contributed by atoms with Crippen LogP contribution in [0.4, 0.5) is 0 Å². The smallest absolute Gasteiger partial charge is 0.307 e. The molecule has 1 aliphatic rings. The van der Waals surface area contributed by atoms with Gasteiger partial charge in [0, 0.05) is 6.54 Å². The molecule has 0 spiro atoms. The molecule has 1 N–H and O–H groups in total. The first-order chi connectivity index (χ1) is 6.33. The molecule has 13 heavy (non-hydrogen) atoms. The molecule has 0 atom stereocenters. The molecule has 0 aromatic heterocycles. The van der Waals surface area contributed by atoms with Crippen molar-refractivity contribution in [1.29, 1.82) is 0 Å². The predicted molar refractivity (Wildman–Crippen MR) is 51.5 cm³/mol. The van der Waals surface area contributed by atoms with Crippen LogP contribution in [0.25, 0.3) is 0 Å². The summed E-state index contributed by atoms with van der Waals surface area (Å²) in [7, 11) is 0. The molecule has 0 aliphatic heterocycles. The van der Waals surface area contributed by atoms with Crippen molar-refractivity contribution in [2.45, 2.75) is 45.1 Å². The molecule has 1 saturated carbocycles. The fraction of sp³-hybridized carbons (Fsp3) is 0.900. The highest BCUT2D eigenvalue weighted by Gasteiger charge is 2.18. The maximum Gasteiger partial charge on any atom is 0.307 e. The van der Waals surface area contributed by atoms with Crippen LogP contribution in [-0.2, 0) is 9.53 Å². The van der Waals surface area contributed by atoms with Gasteiger partial charge in [0.15, 0.2) is 0 Å². The summed E-state index contributed by atoms with van der Waals surface area (Å²) in [5, 5.41) is 3.10. The van der Waals surface area contributed by atoms with Crippen LogP contribution < -0.4 is 5.32 Å². The SMILES string of the molecule is CCNCCC(=O)OC1CCCC1. The van der Waals surface area contributed by atoms with Gasteiger partial charge in [-0.15, -0.1) is 0 Å².